The second-order valence-corrected chi connectivity index (χ2v) is 6.73. The number of nitrogen functional groups attached to an aromatic ring is 1. The van der Waals surface area contributed by atoms with Crippen LogP contribution in [0.25, 0.3) is 11.3 Å². The lowest BCUT2D eigenvalue weighted by Crippen LogP contribution is -2.52. The number of hydrogen-bond donors (Lipinski definition) is 2. The molecule has 0 radical (unpaired) electrons. The lowest BCUT2D eigenvalue weighted by atomic mass is 10.0. The quantitative estimate of drug-likeness (QED) is 0.797. The van der Waals surface area contributed by atoms with Gasteiger partial charge in [-0.15, -0.1) is 0 Å². The van der Waals surface area contributed by atoms with E-state index in [1.165, 1.54) is 4.90 Å². The van der Waals surface area contributed by atoms with Crippen LogP contribution in [0.15, 0.2) is 30.3 Å². The molecule has 0 aliphatic carbocycles. The number of piperidine rings is 1. The molecule has 132 valence electrons. The van der Waals surface area contributed by atoms with E-state index in [1.807, 2.05) is 25.1 Å². The number of carbonyl (C=O) groups is 3. The third kappa shape index (κ3) is 2.71. The summed E-state index contributed by atoms with van der Waals surface area (Å²) in [6.07, 6.45) is 0.599. The maximum Gasteiger partial charge on any atom is 0.255 e. The zero-order valence-electron chi connectivity index (χ0n) is 14.3. The Morgan fingerprint density at radius 3 is 2.73 bits per heavy atom. The van der Waals surface area contributed by atoms with Crippen molar-refractivity contribution in [2.45, 2.75) is 32.4 Å². The minimum atomic E-state index is -0.608. The number of rotatable bonds is 2. The molecule has 1 aromatic heterocycles. The van der Waals surface area contributed by atoms with Crippen LogP contribution in [0, 0.1) is 6.92 Å². The van der Waals surface area contributed by atoms with Crippen LogP contribution in [0.1, 0.15) is 34.3 Å². The van der Waals surface area contributed by atoms with Crippen molar-refractivity contribution in [3.8, 4) is 11.3 Å². The molecular weight excluding hydrogens is 332 g/mol. The fraction of sp³-hybridized carbons (Fsp3) is 0.263. The average molecular weight is 350 g/mol. The van der Waals surface area contributed by atoms with E-state index in [4.69, 9.17) is 5.73 Å². The van der Waals surface area contributed by atoms with Gasteiger partial charge in [-0.2, -0.15) is 0 Å². The molecule has 1 saturated heterocycles. The van der Waals surface area contributed by atoms with Crippen LogP contribution >= 0.6 is 0 Å². The first-order valence-electron chi connectivity index (χ1n) is 8.44. The normalized spacial score (nSPS) is 19.5. The number of imide groups is 1. The highest BCUT2D eigenvalue weighted by Crippen LogP contribution is 2.31. The van der Waals surface area contributed by atoms with Crippen molar-refractivity contribution >= 4 is 23.5 Å². The largest absolute Gasteiger partial charge is 0.384 e. The highest BCUT2D eigenvalue weighted by molar-refractivity contribution is 6.05. The van der Waals surface area contributed by atoms with Gasteiger partial charge in [0.15, 0.2) is 0 Å². The van der Waals surface area contributed by atoms with Crippen LogP contribution in [-0.2, 0) is 16.1 Å². The van der Waals surface area contributed by atoms with Crippen LogP contribution in [0.4, 0.5) is 5.82 Å². The maximum atomic E-state index is 12.7. The first-order valence-corrected chi connectivity index (χ1v) is 8.44. The van der Waals surface area contributed by atoms with E-state index in [9.17, 15) is 14.4 Å². The molecule has 0 spiro atoms. The molecule has 7 nitrogen and oxygen atoms in total. The Balaban J connectivity index is 1.64. The van der Waals surface area contributed by atoms with Crippen molar-refractivity contribution in [1.82, 2.24) is 15.2 Å². The third-order valence-corrected chi connectivity index (χ3v) is 4.81. The number of anilines is 1. The van der Waals surface area contributed by atoms with E-state index >= 15 is 0 Å². The molecule has 1 unspecified atom stereocenters. The lowest BCUT2D eigenvalue weighted by molar-refractivity contribution is -0.136. The Bertz CT molecular complexity index is 934. The Morgan fingerprint density at radius 1 is 1.19 bits per heavy atom. The topological polar surface area (TPSA) is 105 Å². The number of aromatic nitrogens is 1. The van der Waals surface area contributed by atoms with Crippen molar-refractivity contribution in [2.75, 3.05) is 5.73 Å². The second kappa shape index (κ2) is 5.94. The fourth-order valence-corrected chi connectivity index (χ4v) is 3.58. The number of nitrogens with zero attached hydrogens (tertiary/aromatic N) is 2. The van der Waals surface area contributed by atoms with Crippen molar-refractivity contribution in [1.29, 1.82) is 0 Å². The molecule has 7 heteroatoms. The van der Waals surface area contributed by atoms with Gasteiger partial charge in [0.2, 0.25) is 11.8 Å². The van der Waals surface area contributed by atoms with Crippen LogP contribution in [0.2, 0.25) is 0 Å². The molecule has 3 heterocycles. The second-order valence-electron chi connectivity index (χ2n) is 6.73. The standard InChI is InChI=1S/C19H18N4O3/c1-10-6-14(21-16(20)7-10)11-2-3-13-12(8-11)9-23(19(13)26)15-4-5-17(24)22-18(15)25/h2-3,6-8,15H,4-5,9H2,1H3,(H2,20,21)(H,22,24,25). The molecule has 1 aromatic carbocycles. The number of nitrogens with one attached hydrogen (secondary N) is 1. The summed E-state index contributed by atoms with van der Waals surface area (Å²) in [6.45, 7) is 2.29. The van der Waals surface area contributed by atoms with Crippen molar-refractivity contribution in [3.63, 3.8) is 0 Å². The number of nitrogens with two attached hydrogens (primary N) is 1. The summed E-state index contributed by atoms with van der Waals surface area (Å²) < 4.78 is 0. The van der Waals surface area contributed by atoms with E-state index in [2.05, 4.69) is 10.3 Å². The monoisotopic (exact) mass is 350 g/mol. The zero-order valence-corrected chi connectivity index (χ0v) is 14.3. The summed E-state index contributed by atoms with van der Waals surface area (Å²) in [5.41, 5.74) is 9.89. The summed E-state index contributed by atoms with van der Waals surface area (Å²) >= 11 is 0. The molecular formula is C19H18N4O3. The number of hydrogen-bond acceptors (Lipinski definition) is 5. The predicted octanol–water partition coefficient (Wildman–Crippen LogP) is 1.40. The molecule has 2 aromatic rings. The van der Waals surface area contributed by atoms with Gasteiger partial charge in [-0.25, -0.2) is 4.98 Å². The van der Waals surface area contributed by atoms with E-state index in [0.29, 0.717) is 24.3 Å². The average Bonchev–Trinajstić information content (AvgIpc) is 2.90. The van der Waals surface area contributed by atoms with Crippen LogP contribution < -0.4 is 11.1 Å². The highest BCUT2D eigenvalue weighted by atomic mass is 16.2. The molecule has 0 saturated carbocycles. The molecule has 2 aliphatic rings. The lowest BCUT2D eigenvalue weighted by Gasteiger charge is -2.29. The van der Waals surface area contributed by atoms with E-state index in [0.717, 1.165) is 22.4 Å². The van der Waals surface area contributed by atoms with Gasteiger partial charge in [-0.1, -0.05) is 6.07 Å². The number of fused-ring (bicyclic) bond motifs is 1. The maximum absolute atomic E-state index is 12.7. The summed E-state index contributed by atoms with van der Waals surface area (Å²) in [5, 5.41) is 2.31. The SMILES string of the molecule is Cc1cc(N)nc(-c2ccc3c(c2)CN(C2CCC(=O)NC2=O)C3=O)c1. The Hall–Kier alpha value is -3.22. The minimum Gasteiger partial charge on any atom is -0.384 e. The van der Waals surface area contributed by atoms with Gasteiger partial charge in [-0.05, 0) is 48.7 Å². The smallest absolute Gasteiger partial charge is 0.255 e. The summed E-state index contributed by atoms with van der Waals surface area (Å²) in [6, 6.07) is 8.65. The van der Waals surface area contributed by atoms with Gasteiger partial charge >= 0.3 is 0 Å². The van der Waals surface area contributed by atoms with Gasteiger partial charge in [0.1, 0.15) is 11.9 Å². The number of carbonyl (C=O) groups excluding carboxylic acids is 3. The number of amides is 3. The number of aryl methyl sites for hydroxylation is 1. The third-order valence-electron chi connectivity index (χ3n) is 4.81. The van der Waals surface area contributed by atoms with Gasteiger partial charge in [-0.3, -0.25) is 19.7 Å². The number of pyridine rings is 1. The van der Waals surface area contributed by atoms with E-state index in [1.54, 1.807) is 12.1 Å². The van der Waals surface area contributed by atoms with Crippen LogP contribution in [0.3, 0.4) is 0 Å². The summed E-state index contributed by atoms with van der Waals surface area (Å²) in [7, 11) is 0. The van der Waals surface area contributed by atoms with Crippen molar-refractivity contribution < 1.29 is 14.4 Å². The van der Waals surface area contributed by atoms with Crippen LogP contribution in [0.5, 0.6) is 0 Å². The van der Waals surface area contributed by atoms with E-state index < -0.39 is 11.9 Å². The summed E-state index contributed by atoms with van der Waals surface area (Å²) in [5.74, 6) is -0.434. The molecule has 1 atom stereocenters. The molecule has 3 N–H and O–H groups in total. The molecule has 1 fully saturated rings. The summed E-state index contributed by atoms with van der Waals surface area (Å²) in [4.78, 5) is 42.0. The van der Waals surface area contributed by atoms with Gasteiger partial charge in [0, 0.05) is 24.1 Å². The first-order chi connectivity index (χ1) is 12.4. The predicted molar refractivity (Wildman–Crippen MR) is 94.9 cm³/mol. The van der Waals surface area contributed by atoms with Crippen LogP contribution in [-0.4, -0.2) is 33.6 Å². The van der Waals surface area contributed by atoms with E-state index in [-0.39, 0.29) is 18.2 Å². The minimum absolute atomic E-state index is 0.183. The molecule has 2 aliphatic heterocycles. The zero-order chi connectivity index (χ0) is 18.4. The molecule has 3 amide bonds. The number of benzene rings is 1. The molecule has 26 heavy (non-hydrogen) atoms. The van der Waals surface area contributed by atoms with Gasteiger partial charge in [0.25, 0.3) is 5.91 Å². The molecule has 4 rings (SSSR count). The van der Waals surface area contributed by atoms with Gasteiger partial charge < -0.3 is 10.6 Å². The Morgan fingerprint density at radius 2 is 2.00 bits per heavy atom. The molecule has 0 bridgehead atoms. The van der Waals surface area contributed by atoms with Gasteiger partial charge in [0.05, 0.1) is 5.69 Å². The Labute approximate surface area is 150 Å². The fourth-order valence-electron chi connectivity index (χ4n) is 3.58. The van der Waals surface area contributed by atoms with Crippen molar-refractivity contribution in [3.05, 3.63) is 47.0 Å². The first kappa shape index (κ1) is 16.3. The highest BCUT2D eigenvalue weighted by Gasteiger charge is 2.39. The van der Waals surface area contributed by atoms with Crippen molar-refractivity contribution in [2.24, 2.45) is 0 Å². The Kier molecular flexibility index (Phi) is 3.72.